The predicted octanol–water partition coefficient (Wildman–Crippen LogP) is 3.63. The van der Waals surface area contributed by atoms with Crippen LogP contribution < -0.4 is 10.2 Å². The molecule has 0 spiro atoms. The van der Waals surface area contributed by atoms with Gasteiger partial charge in [-0.05, 0) is 55.6 Å². The van der Waals surface area contributed by atoms with Gasteiger partial charge in [0, 0.05) is 24.8 Å². The van der Waals surface area contributed by atoms with Crippen LogP contribution in [-0.2, 0) is 4.79 Å². The number of piperidine rings is 1. The van der Waals surface area contributed by atoms with Gasteiger partial charge in [-0.1, -0.05) is 11.6 Å². The molecule has 0 aliphatic carbocycles. The van der Waals surface area contributed by atoms with Gasteiger partial charge >= 0.3 is 0 Å². The molecule has 0 radical (unpaired) electrons. The highest BCUT2D eigenvalue weighted by Crippen LogP contribution is 2.30. The average molecular weight is 375 g/mol. The molecule has 1 aromatic rings. The van der Waals surface area contributed by atoms with Crippen molar-refractivity contribution in [3.8, 4) is 0 Å². The van der Waals surface area contributed by atoms with E-state index in [1.165, 1.54) is 0 Å². The van der Waals surface area contributed by atoms with Crippen molar-refractivity contribution in [1.29, 1.82) is 0 Å². The van der Waals surface area contributed by atoms with Crippen LogP contribution in [0.3, 0.4) is 0 Å². The Morgan fingerprint density at radius 2 is 2.24 bits per heavy atom. The summed E-state index contributed by atoms with van der Waals surface area (Å²) in [6.07, 6.45) is 3.54. The molecule has 0 bridgehead atoms. The normalized spacial score (nSPS) is 19.5. The molecule has 1 aliphatic rings. The van der Waals surface area contributed by atoms with E-state index in [0.717, 1.165) is 29.7 Å². The maximum absolute atomic E-state index is 12.3. The largest absolute Gasteiger partial charge is 0.355 e. The maximum atomic E-state index is 12.3. The molecule has 1 aliphatic heterocycles. The van der Waals surface area contributed by atoms with Crippen molar-refractivity contribution in [1.82, 2.24) is 10.3 Å². The maximum Gasteiger partial charge on any atom is 0.225 e. The lowest BCUT2D eigenvalue weighted by molar-refractivity contribution is -0.126. The van der Waals surface area contributed by atoms with Crippen LogP contribution in [0.25, 0.3) is 0 Å². The van der Waals surface area contributed by atoms with Crippen LogP contribution in [-0.4, -0.2) is 29.5 Å². The van der Waals surface area contributed by atoms with E-state index in [1.807, 2.05) is 26.8 Å². The Balaban J connectivity index is 2.08. The Hall–Kier alpha value is -0.810. The molecule has 0 saturated carbocycles. The Kier molecular flexibility index (Phi) is 5.15. The first-order valence-electron chi connectivity index (χ1n) is 7.14. The smallest absolute Gasteiger partial charge is 0.225 e. The van der Waals surface area contributed by atoms with Gasteiger partial charge < -0.3 is 10.2 Å². The van der Waals surface area contributed by atoms with E-state index < -0.39 is 0 Å². The summed E-state index contributed by atoms with van der Waals surface area (Å²) in [7, 11) is 0. The van der Waals surface area contributed by atoms with E-state index in [4.69, 9.17) is 11.6 Å². The molecule has 1 N–H and O–H groups in total. The molecule has 0 aromatic carbocycles. The number of hydrogen-bond acceptors (Lipinski definition) is 3. The lowest BCUT2D eigenvalue weighted by atomic mass is 9.95. The number of anilines is 1. The SMILES string of the molecule is CC(C)(C)NC(=O)C1CCCN(c2ncc(Cl)cc2Br)C1. The van der Waals surface area contributed by atoms with Crippen LogP contribution in [0.4, 0.5) is 5.82 Å². The van der Waals surface area contributed by atoms with Crippen molar-refractivity contribution < 1.29 is 4.79 Å². The van der Waals surface area contributed by atoms with Crippen molar-refractivity contribution >= 4 is 39.3 Å². The molecule has 1 unspecified atom stereocenters. The molecule has 1 amide bonds. The van der Waals surface area contributed by atoms with Crippen molar-refractivity contribution in [3.63, 3.8) is 0 Å². The molecule has 6 heteroatoms. The number of rotatable bonds is 2. The molecule has 1 fully saturated rings. The van der Waals surface area contributed by atoms with Gasteiger partial charge in [-0.15, -0.1) is 0 Å². The first kappa shape index (κ1) is 16.6. The van der Waals surface area contributed by atoms with Crippen LogP contribution in [0.15, 0.2) is 16.7 Å². The number of amides is 1. The van der Waals surface area contributed by atoms with Crippen LogP contribution in [0.2, 0.25) is 5.02 Å². The topological polar surface area (TPSA) is 45.2 Å². The third-order valence-electron chi connectivity index (χ3n) is 3.38. The Morgan fingerprint density at radius 3 is 2.86 bits per heavy atom. The summed E-state index contributed by atoms with van der Waals surface area (Å²) in [6, 6.07) is 1.84. The molecule has 1 atom stereocenters. The highest BCUT2D eigenvalue weighted by Gasteiger charge is 2.29. The molecule has 116 valence electrons. The van der Waals surface area contributed by atoms with E-state index in [-0.39, 0.29) is 17.4 Å². The first-order valence-corrected chi connectivity index (χ1v) is 8.31. The molecule has 4 nitrogen and oxygen atoms in total. The Labute approximate surface area is 139 Å². The lowest BCUT2D eigenvalue weighted by Gasteiger charge is -2.34. The fraction of sp³-hybridized carbons (Fsp3) is 0.600. The molecule has 2 rings (SSSR count). The molecule has 1 aromatic heterocycles. The van der Waals surface area contributed by atoms with Gasteiger partial charge in [-0.3, -0.25) is 4.79 Å². The average Bonchev–Trinajstić information content (AvgIpc) is 2.37. The first-order chi connectivity index (χ1) is 9.76. The number of nitrogens with one attached hydrogen (secondary N) is 1. The Bertz CT molecular complexity index is 530. The molecular formula is C15H21BrClN3O. The summed E-state index contributed by atoms with van der Waals surface area (Å²) in [5.41, 5.74) is -0.196. The predicted molar refractivity (Wildman–Crippen MR) is 89.8 cm³/mol. The number of hydrogen-bond donors (Lipinski definition) is 1. The highest BCUT2D eigenvalue weighted by molar-refractivity contribution is 9.10. The third kappa shape index (κ3) is 4.58. The van der Waals surface area contributed by atoms with Crippen LogP contribution >= 0.6 is 27.5 Å². The molecule has 2 heterocycles. The van der Waals surface area contributed by atoms with Gasteiger partial charge in [0.2, 0.25) is 5.91 Å². The number of carbonyl (C=O) groups is 1. The zero-order chi connectivity index (χ0) is 15.6. The van der Waals surface area contributed by atoms with Crippen LogP contribution in [0.1, 0.15) is 33.6 Å². The minimum atomic E-state index is -0.196. The molecular weight excluding hydrogens is 354 g/mol. The van der Waals surface area contributed by atoms with Gasteiger partial charge in [0.05, 0.1) is 15.4 Å². The Morgan fingerprint density at radius 1 is 1.52 bits per heavy atom. The standard InChI is InChI=1S/C15H21BrClN3O/c1-15(2,3)19-14(21)10-5-4-6-20(9-10)13-12(16)7-11(17)8-18-13/h7-8,10H,4-6,9H2,1-3H3,(H,19,21). The van der Waals surface area contributed by atoms with Crippen molar-refractivity contribution in [2.45, 2.75) is 39.2 Å². The summed E-state index contributed by atoms with van der Waals surface area (Å²) in [6.45, 7) is 7.61. The minimum Gasteiger partial charge on any atom is -0.355 e. The van der Waals surface area contributed by atoms with Crippen molar-refractivity contribution in [3.05, 3.63) is 21.8 Å². The van der Waals surface area contributed by atoms with E-state index in [9.17, 15) is 4.79 Å². The minimum absolute atomic E-state index is 0.00218. The second kappa shape index (κ2) is 6.53. The second-order valence-electron chi connectivity index (χ2n) is 6.48. The van der Waals surface area contributed by atoms with Gasteiger partial charge in [-0.25, -0.2) is 4.98 Å². The summed E-state index contributed by atoms with van der Waals surface area (Å²) >= 11 is 9.43. The van der Waals surface area contributed by atoms with Gasteiger partial charge in [-0.2, -0.15) is 0 Å². The monoisotopic (exact) mass is 373 g/mol. The van der Waals surface area contributed by atoms with E-state index in [0.29, 0.717) is 11.6 Å². The van der Waals surface area contributed by atoms with E-state index in [2.05, 4.69) is 31.1 Å². The third-order valence-corrected chi connectivity index (χ3v) is 4.17. The number of carbonyl (C=O) groups excluding carboxylic acids is 1. The summed E-state index contributed by atoms with van der Waals surface area (Å²) < 4.78 is 0.867. The summed E-state index contributed by atoms with van der Waals surface area (Å²) in [4.78, 5) is 18.9. The summed E-state index contributed by atoms with van der Waals surface area (Å²) in [5, 5.41) is 3.67. The molecule has 21 heavy (non-hydrogen) atoms. The van der Waals surface area contributed by atoms with Crippen molar-refractivity contribution in [2.24, 2.45) is 5.92 Å². The highest BCUT2D eigenvalue weighted by atomic mass is 79.9. The van der Waals surface area contributed by atoms with Gasteiger partial charge in [0.25, 0.3) is 0 Å². The van der Waals surface area contributed by atoms with E-state index in [1.54, 1.807) is 6.20 Å². The number of pyridine rings is 1. The second-order valence-corrected chi connectivity index (χ2v) is 7.77. The summed E-state index contributed by atoms with van der Waals surface area (Å²) in [5.74, 6) is 0.979. The van der Waals surface area contributed by atoms with Gasteiger partial charge in [0.1, 0.15) is 5.82 Å². The number of nitrogens with zero attached hydrogens (tertiary/aromatic N) is 2. The van der Waals surface area contributed by atoms with Gasteiger partial charge in [0.15, 0.2) is 0 Å². The van der Waals surface area contributed by atoms with Crippen molar-refractivity contribution in [2.75, 3.05) is 18.0 Å². The zero-order valence-corrected chi connectivity index (χ0v) is 15.0. The number of halogens is 2. The van der Waals surface area contributed by atoms with Crippen LogP contribution in [0.5, 0.6) is 0 Å². The molecule has 1 saturated heterocycles. The fourth-order valence-electron chi connectivity index (χ4n) is 2.50. The zero-order valence-electron chi connectivity index (χ0n) is 12.6. The van der Waals surface area contributed by atoms with Crippen LogP contribution in [0, 0.1) is 5.92 Å². The number of aromatic nitrogens is 1. The van der Waals surface area contributed by atoms with E-state index >= 15 is 0 Å². The lowest BCUT2D eigenvalue weighted by Crippen LogP contribution is -2.48. The quantitative estimate of drug-likeness (QED) is 0.860. The fourth-order valence-corrected chi connectivity index (χ4v) is 3.38.